The maximum absolute atomic E-state index is 13.1. The monoisotopic (exact) mass is 351 g/mol. The van der Waals surface area contributed by atoms with Gasteiger partial charge in [-0.1, -0.05) is 30.3 Å². The fourth-order valence-electron chi connectivity index (χ4n) is 2.10. The van der Waals surface area contributed by atoms with Crippen molar-refractivity contribution in [2.75, 3.05) is 6.61 Å². The Hall–Kier alpha value is -0.760. The van der Waals surface area contributed by atoms with Crippen molar-refractivity contribution in [3.05, 3.63) is 35.9 Å². The van der Waals surface area contributed by atoms with E-state index in [4.69, 9.17) is 5.11 Å². The fourth-order valence-corrected chi connectivity index (χ4v) is 2.94. The summed E-state index contributed by atoms with van der Waals surface area (Å²) in [5, 5.41) is 8.91. The second-order valence-corrected chi connectivity index (χ2v) is 8.45. The maximum Gasteiger partial charge on any atom is 0.391 e. The summed E-state index contributed by atoms with van der Waals surface area (Å²) in [4.78, 5) is 0. The highest BCUT2D eigenvalue weighted by Crippen LogP contribution is 2.36. The lowest BCUT2D eigenvalue weighted by atomic mass is 9.92. The molecule has 2 N–H and O–H groups in total. The van der Waals surface area contributed by atoms with Crippen molar-refractivity contribution in [2.45, 2.75) is 50.6 Å². The van der Waals surface area contributed by atoms with Crippen LogP contribution in [0, 0.1) is 5.92 Å². The van der Waals surface area contributed by atoms with Crippen molar-refractivity contribution in [1.29, 1.82) is 0 Å². The molecule has 1 aromatic carbocycles. The highest BCUT2D eigenvalue weighted by molar-refractivity contribution is 7.90. The molecule has 0 spiro atoms. The second kappa shape index (κ2) is 8.37. The third-order valence-electron chi connectivity index (χ3n) is 3.47. The lowest BCUT2D eigenvalue weighted by Gasteiger charge is -2.30. The Kier molecular flexibility index (Phi) is 7.38. The average molecular weight is 351 g/mol. The first-order valence-corrected chi connectivity index (χ1v) is 8.61. The third-order valence-corrected chi connectivity index (χ3v) is 5.08. The zero-order valence-electron chi connectivity index (χ0n) is 13.6. The minimum absolute atomic E-state index is 0.268. The van der Waals surface area contributed by atoms with Crippen LogP contribution in [0.3, 0.4) is 0 Å². The lowest BCUT2D eigenvalue weighted by molar-refractivity contribution is -0.181. The van der Waals surface area contributed by atoms with Crippen molar-refractivity contribution in [3.8, 4) is 0 Å². The predicted molar refractivity (Wildman–Crippen MR) is 86.1 cm³/mol. The maximum atomic E-state index is 13.1. The first-order valence-electron chi connectivity index (χ1n) is 7.46. The Labute approximate surface area is 138 Å². The molecule has 0 aromatic heterocycles. The molecule has 0 bridgehead atoms. The summed E-state index contributed by atoms with van der Waals surface area (Å²) >= 11 is -1.49. The highest BCUT2D eigenvalue weighted by atomic mass is 32.2. The smallest absolute Gasteiger partial charge is 0.391 e. The van der Waals surface area contributed by atoms with E-state index in [0.717, 1.165) is 0 Å². The molecule has 3 nitrogen and oxygen atoms in total. The largest absolute Gasteiger partial charge is 0.598 e. The van der Waals surface area contributed by atoms with Crippen LogP contribution < -0.4 is 4.72 Å². The quantitative estimate of drug-likeness (QED) is 0.736. The minimum atomic E-state index is -4.40. The Balaban J connectivity index is 3.00. The molecule has 0 aliphatic carbocycles. The summed E-state index contributed by atoms with van der Waals surface area (Å²) in [6, 6.07) is 7.97. The van der Waals surface area contributed by atoms with Crippen LogP contribution in [0.1, 0.15) is 45.2 Å². The zero-order valence-corrected chi connectivity index (χ0v) is 14.4. The molecule has 0 unspecified atom stereocenters. The Morgan fingerprint density at radius 2 is 1.74 bits per heavy atom. The number of hydrogen-bond donors (Lipinski definition) is 2. The van der Waals surface area contributed by atoms with Crippen molar-refractivity contribution in [1.82, 2.24) is 4.72 Å². The molecule has 7 heteroatoms. The van der Waals surface area contributed by atoms with Crippen LogP contribution in [0.25, 0.3) is 0 Å². The van der Waals surface area contributed by atoms with Gasteiger partial charge in [0, 0.05) is 18.0 Å². The number of hydrogen-bond acceptors (Lipinski definition) is 3. The summed E-state index contributed by atoms with van der Waals surface area (Å²) in [5.74, 6) is -1.65. The Bertz CT molecular complexity index is 463. The van der Waals surface area contributed by atoms with Crippen LogP contribution in [0.2, 0.25) is 0 Å². The molecule has 3 atom stereocenters. The first-order chi connectivity index (χ1) is 10.6. The highest BCUT2D eigenvalue weighted by Gasteiger charge is 2.41. The molecule has 1 aromatic rings. The van der Waals surface area contributed by atoms with E-state index in [2.05, 4.69) is 4.72 Å². The second-order valence-electron chi connectivity index (χ2n) is 6.45. The number of rotatable bonds is 7. The normalized spacial score (nSPS) is 16.9. The van der Waals surface area contributed by atoms with Gasteiger partial charge in [0.1, 0.15) is 4.75 Å². The van der Waals surface area contributed by atoms with Gasteiger partial charge in [0.25, 0.3) is 0 Å². The van der Waals surface area contributed by atoms with Gasteiger partial charge >= 0.3 is 6.18 Å². The van der Waals surface area contributed by atoms with Crippen LogP contribution in [-0.4, -0.2) is 27.2 Å². The van der Waals surface area contributed by atoms with Crippen molar-refractivity contribution in [3.63, 3.8) is 0 Å². The van der Waals surface area contributed by atoms with Crippen LogP contribution in [0.4, 0.5) is 13.2 Å². The number of aliphatic hydroxyl groups excluding tert-OH is 1. The van der Waals surface area contributed by atoms with E-state index in [-0.39, 0.29) is 12.8 Å². The molecule has 0 saturated heterocycles. The zero-order chi connectivity index (χ0) is 17.7. The lowest BCUT2D eigenvalue weighted by Crippen LogP contribution is -2.42. The minimum Gasteiger partial charge on any atom is -0.598 e. The van der Waals surface area contributed by atoms with Crippen LogP contribution in [-0.2, 0) is 11.4 Å². The molecule has 23 heavy (non-hydrogen) atoms. The molecule has 0 amide bonds. The van der Waals surface area contributed by atoms with E-state index in [1.165, 1.54) is 0 Å². The molecule has 0 radical (unpaired) electrons. The molecule has 0 heterocycles. The molecule has 0 aliphatic heterocycles. The molecule has 132 valence electrons. The third kappa shape index (κ3) is 6.71. The first kappa shape index (κ1) is 20.3. The van der Waals surface area contributed by atoms with Gasteiger partial charge in [0.05, 0.1) is 12.0 Å². The van der Waals surface area contributed by atoms with Crippen LogP contribution >= 0.6 is 0 Å². The van der Waals surface area contributed by atoms with Crippen LogP contribution in [0.5, 0.6) is 0 Å². The Morgan fingerprint density at radius 3 is 2.17 bits per heavy atom. The molecular weight excluding hydrogens is 327 g/mol. The van der Waals surface area contributed by atoms with Crippen LogP contribution in [0.15, 0.2) is 30.3 Å². The Morgan fingerprint density at radius 1 is 1.17 bits per heavy atom. The topological polar surface area (TPSA) is 55.3 Å². The van der Waals surface area contributed by atoms with E-state index in [1.807, 2.05) is 0 Å². The predicted octanol–water partition coefficient (Wildman–Crippen LogP) is 3.73. The summed E-state index contributed by atoms with van der Waals surface area (Å²) in [7, 11) is 0. The molecular formula is C16H24F3NO2S. The van der Waals surface area contributed by atoms with E-state index >= 15 is 0 Å². The summed E-state index contributed by atoms with van der Waals surface area (Å²) in [6.45, 7) is 4.74. The summed E-state index contributed by atoms with van der Waals surface area (Å²) in [5.41, 5.74) is 0.650. The standard InChI is InChI=1S/C16H24F3NO2S/c1-15(2,3)23(22)20-14(12-7-5-4-6-8-12)11-13(9-10-21)16(17,18)19/h4-8,13-14,20-21H,9-11H2,1-3H3/t13-,14+,23-/m0/s1. The van der Waals surface area contributed by atoms with E-state index in [9.17, 15) is 17.7 Å². The fraction of sp³-hybridized carbons (Fsp3) is 0.625. The number of nitrogens with one attached hydrogen (secondary N) is 1. The van der Waals surface area contributed by atoms with Gasteiger partial charge in [0.2, 0.25) is 0 Å². The van der Waals surface area contributed by atoms with Crippen molar-refractivity contribution in [2.24, 2.45) is 5.92 Å². The van der Waals surface area contributed by atoms with Gasteiger partial charge in [-0.05, 0) is 39.2 Å². The van der Waals surface area contributed by atoms with E-state index in [0.29, 0.717) is 5.56 Å². The number of halogens is 3. The van der Waals surface area contributed by atoms with Gasteiger partial charge in [-0.2, -0.15) is 13.2 Å². The molecule has 1 rings (SSSR count). The van der Waals surface area contributed by atoms with Gasteiger partial charge in [-0.25, -0.2) is 0 Å². The molecule has 0 fully saturated rings. The van der Waals surface area contributed by atoms with Gasteiger partial charge in [0.15, 0.2) is 0 Å². The average Bonchev–Trinajstić information content (AvgIpc) is 2.44. The number of alkyl halides is 3. The summed E-state index contributed by atoms with van der Waals surface area (Å²) < 4.78 is 54.0. The van der Waals surface area contributed by atoms with Gasteiger partial charge in [-0.3, -0.25) is 0 Å². The number of aliphatic hydroxyl groups is 1. The van der Waals surface area contributed by atoms with Gasteiger partial charge < -0.3 is 9.66 Å². The summed E-state index contributed by atoms with van der Waals surface area (Å²) in [6.07, 6.45) is -5.03. The van der Waals surface area contributed by atoms with Crippen molar-refractivity contribution >= 4 is 11.4 Å². The van der Waals surface area contributed by atoms with E-state index in [1.54, 1.807) is 51.1 Å². The van der Waals surface area contributed by atoms with E-state index < -0.39 is 40.9 Å². The van der Waals surface area contributed by atoms with Crippen molar-refractivity contribution < 1.29 is 22.8 Å². The SMILES string of the molecule is CC(C)(C)[S@+]([O-])N[C@H](C[C@H](CCO)C(F)(F)F)c1ccccc1. The van der Waals surface area contributed by atoms with Gasteiger partial charge in [-0.15, -0.1) is 4.72 Å². The molecule has 0 saturated carbocycles. The number of benzene rings is 1. The molecule has 0 aliphatic rings.